The van der Waals surface area contributed by atoms with Gasteiger partial charge >= 0.3 is 0 Å². The van der Waals surface area contributed by atoms with Gasteiger partial charge in [-0.05, 0) is 61.8 Å². The number of carbonyl (C=O) groups is 1. The number of rotatable bonds is 3. The Morgan fingerprint density at radius 3 is 2.42 bits per heavy atom. The molecule has 1 amide bonds. The molecule has 2 aromatic carbocycles. The predicted molar refractivity (Wildman–Crippen MR) is 107 cm³/mol. The number of hydrogen-bond donors (Lipinski definition) is 2. The molecule has 0 aromatic heterocycles. The number of halogens is 1. The molecule has 26 heavy (non-hydrogen) atoms. The van der Waals surface area contributed by atoms with Crippen LogP contribution < -0.4 is 10.6 Å². The van der Waals surface area contributed by atoms with E-state index in [1.807, 2.05) is 41.3 Å². The molecule has 0 aliphatic carbocycles. The van der Waals surface area contributed by atoms with Crippen LogP contribution in [0.3, 0.4) is 0 Å². The summed E-state index contributed by atoms with van der Waals surface area (Å²) < 4.78 is 13.6. The third-order valence-corrected chi connectivity index (χ3v) is 4.98. The van der Waals surface area contributed by atoms with Crippen molar-refractivity contribution in [2.75, 3.05) is 23.7 Å². The Morgan fingerprint density at radius 1 is 1.08 bits per heavy atom. The van der Waals surface area contributed by atoms with Crippen LogP contribution >= 0.6 is 12.2 Å². The maximum Gasteiger partial charge on any atom is 0.227 e. The van der Waals surface area contributed by atoms with E-state index in [-0.39, 0.29) is 17.6 Å². The van der Waals surface area contributed by atoms with Gasteiger partial charge in [0.25, 0.3) is 0 Å². The van der Waals surface area contributed by atoms with E-state index in [4.69, 9.17) is 12.2 Å². The largest absolute Gasteiger partial charge is 0.349 e. The lowest BCUT2D eigenvalue weighted by molar-refractivity contribution is -0.120. The van der Waals surface area contributed by atoms with Crippen LogP contribution in [0.15, 0.2) is 48.5 Å². The lowest BCUT2D eigenvalue weighted by atomic mass is 9.96. The first-order valence-electron chi connectivity index (χ1n) is 8.71. The van der Waals surface area contributed by atoms with Gasteiger partial charge in [0.15, 0.2) is 5.11 Å². The number of aryl methyl sites for hydroxylation is 1. The molecule has 1 fully saturated rings. The number of hydrogen-bond acceptors (Lipinski definition) is 2. The fourth-order valence-corrected chi connectivity index (χ4v) is 3.28. The SMILES string of the molecule is Cc1ccc(NC(=S)N2CCC(C(=O)Nc3ccccc3)CC2)cc1F. The first kappa shape index (κ1) is 18.3. The van der Waals surface area contributed by atoms with Crippen LogP contribution in [0.4, 0.5) is 15.8 Å². The molecule has 1 aliphatic heterocycles. The van der Waals surface area contributed by atoms with Crippen molar-refractivity contribution < 1.29 is 9.18 Å². The molecule has 0 bridgehead atoms. The van der Waals surface area contributed by atoms with Gasteiger partial charge in [-0.2, -0.15) is 0 Å². The van der Waals surface area contributed by atoms with Gasteiger partial charge in [-0.1, -0.05) is 24.3 Å². The van der Waals surface area contributed by atoms with Gasteiger partial charge in [0.2, 0.25) is 5.91 Å². The van der Waals surface area contributed by atoms with Crippen molar-refractivity contribution in [3.63, 3.8) is 0 Å². The van der Waals surface area contributed by atoms with Crippen LogP contribution in [-0.4, -0.2) is 29.0 Å². The Balaban J connectivity index is 1.50. The number of anilines is 2. The smallest absolute Gasteiger partial charge is 0.227 e. The summed E-state index contributed by atoms with van der Waals surface area (Å²) in [6.45, 7) is 3.13. The minimum absolute atomic E-state index is 0.0222. The molecule has 0 atom stereocenters. The van der Waals surface area contributed by atoms with Crippen molar-refractivity contribution >= 4 is 34.6 Å². The number of likely N-dealkylation sites (tertiary alicyclic amines) is 1. The maximum atomic E-state index is 13.6. The summed E-state index contributed by atoms with van der Waals surface area (Å²) >= 11 is 5.43. The van der Waals surface area contributed by atoms with Crippen LogP contribution in [0.5, 0.6) is 0 Å². The Kier molecular flexibility index (Phi) is 5.83. The van der Waals surface area contributed by atoms with Gasteiger partial charge in [-0.15, -0.1) is 0 Å². The number of thiocarbonyl (C=S) groups is 1. The summed E-state index contributed by atoms with van der Waals surface area (Å²) in [4.78, 5) is 14.4. The van der Waals surface area contributed by atoms with Crippen molar-refractivity contribution in [2.45, 2.75) is 19.8 Å². The molecule has 4 nitrogen and oxygen atoms in total. The van der Waals surface area contributed by atoms with E-state index in [0.29, 0.717) is 29.5 Å². The highest BCUT2D eigenvalue weighted by molar-refractivity contribution is 7.80. The quantitative estimate of drug-likeness (QED) is 0.795. The molecule has 0 unspecified atom stereocenters. The van der Waals surface area contributed by atoms with E-state index in [1.54, 1.807) is 13.0 Å². The minimum Gasteiger partial charge on any atom is -0.349 e. The second kappa shape index (κ2) is 8.27. The molecular weight excluding hydrogens is 349 g/mol. The molecule has 3 rings (SSSR count). The highest BCUT2D eigenvalue weighted by Crippen LogP contribution is 2.21. The van der Waals surface area contributed by atoms with Crippen LogP contribution in [0.2, 0.25) is 0 Å². The zero-order valence-electron chi connectivity index (χ0n) is 14.7. The van der Waals surface area contributed by atoms with Crippen molar-refractivity contribution in [1.82, 2.24) is 4.90 Å². The van der Waals surface area contributed by atoms with Crippen molar-refractivity contribution in [3.05, 3.63) is 59.9 Å². The Morgan fingerprint density at radius 2 is 1.77 bits per heavy atom. The Labute approximate surface area is 158 Å². The summed E-state index contributed by atoms with van der Waals surface area (Å²) in [7, 11) is 0. The fourth-order valence-electron chi connectivity index (χ4n) is 2.98. The molecule has 1 saturated heterocycles. The second-order valence-corrected chi connectivity index (χ2v) is 6.90. The molecule has 2 aromatic rings. The predicted octanol–water partition coefficient (Wildman–Crippen LogP) is 4.18. The van der Waals surface area contributed by atoms with Crippen LogP contribution in [-0.2, 0) is 4.79 Å². The zero-order valence-corrected chi connectivity index (χ0v) is 15.5. The van der Waals surface area contributed by atoms with E-state index < -0.39 is 0 Å². The van der Waals surface area contributed by atoms with E-state index in [9.17, 15) is 9.18 Å². The maximum absolute atomic E-state index is 13.6. The monoisotopic (exact) mass is 371 g/mol. The van der Waals surface area contributed by atoms with Gasteiger partial charge in [0.1, 0.15) is 5.82 Å². The van der Waals surface area contributed by atoms with Crippen LogP contribution in [0, 0.1) is 18.7 Å². The lowest BCUT2D eigenvalue weighted by Gasteiger charge is -2.33. The van der Waals surface area contributed by atoms with Crippen LogP contribution in [0.1, 0.15) is 18.4 Å². The molecule has 0 saturated carbocycles. The van der Waals surface area contributed by atoms with Gasteiger partial charge < -0.3 is 15.5 Å². The number of nitrogens with zero attached hydrogens (tertiary/aromatic N) is 1. The van der Waals surface area contributed by atoms with E-state index in [0.717, 1.165) is 18.5 Å². The summed E-state index contributed by atoms with van der Waals surface area (Å²) in [6.07, 6.45) is 1.48. The van der Waals surface area contributed by atoms with E-state index >= 15 is 0 Å². The molecule has 6 heteroatoms. The number of nitrogens with one attached hydrogen (secondary N) is 2. The Bertz CT molecular complexity index is 789. The number of para-hydroxylation sites is 1. The number of benzene rings is 2. The molecule has 136 valence electrons. The number of piperidine rings is 1. The van der Waals surface area contributed by atoms with Crippen molar-refractivity contribution in [2.24, 2.45) is 5.92 Å². The van der Waals surface area contributed by atoms with E-state index in [2.05, 4.69) is 10.6 Å². The topological polar surface area (TPSA) is 44.4 Å². The fraction of sp³-hybridized carbons (Fsp3) is 0.300. The molecule has 2 N–H and O–H groups in total. The van der Waals surface area contributed by atoms with Gasteiger partial charge in [0, 0.05) is 30.4 Å². The van der Waals surface area contributed by atoms with E-state index in [1.165, 1.54) is 6.07 Å². The molecule has 0 radical (unpaired) electrons. The third kappa shape index (κ3) is 4.58. The standard InChI is InChI=1S/C20H22FN3OS/c1-14-7-8-17(13-18(14)21)23-20(26)24-11-9-15(10-12-24)19(25)22-16-5-3-2-4-6-16/h2-8,13,15H,9-12H2,1H3,(H,22,25)(H,23,26). The summed E-state index contributed by atoms with van der Waals surface area (Å²) in [5, 5.41) is 6.60. The minimum atomic E-state index is -0.255. The molecule has 1 aliphatic rings. The summed E-state index contributed by atoms with van der Waals surface area (Å²) in [6, 6.07) is 14.5. The lowest BCUT2D eigenvalue weighted by Crippen LogP contribution is -2.43. The number of carbonyl (C=O) groups excluding carboxylic acids is 1. The summed E-state index contributed by atoms with van der Waals surface area (Å²) in [5.41, 5.74) is 2.06. The second-order valence-electron chi connectivity index (χ2n) is 6.51. The number of amides is 1. The average Bonchev–Trinajstić information content (AvgIpc) is 2.65. The first-order chi connectivity index (χ1) is 12.5. The van der Waals surface area contributed by atoms with Crippen molar-refractivity contribution in [1.29, 1.82) is 0 Å². The van der Waals surface area contributed by atoms with Crippen LogP contribution in [0.25, 0.3) is 0 Å². The molecule has 1 heterocycles. The zero-order chi connectivity index (χ0) is 18.5. The molecule has 0 spiro atoms. The third-order valence-electron chi connectivity index (χ3n) is 4.62. The van der Waals surface area contributed by atoms with Gasteiger partial charge in [0.05, 0.1) is 0 Å². The highest BCUT2D eigenvalue weighted by atomic mass is 32.1. The average molecular weight is 371 g/mol. The normalized spacial score (nSPS) is 14.8. The highest BCUT2D eigenvalue weighted by Gasteiger charge is 2.26. The van der Waals surface area contributed by atoms with Crippen molar-refractivity contribution in [3.8, 4) is 0 Å². The van der Waals surface area contributed by atoms with Gasteiger partial charge in [-0.25, -0.2) is 4.39 Å². The first-order valence-corrected chi connectivity index (χ1v) is 9.12. The van der Waals surface area contributed by atoms with Gasteiger partial charge in [-0.3, -0.25) is 4.79 Å². The summed E-state index contributed by atoms with van der Waals surface area (Å²) in [5.74, 6) is -0.226. The Hall–Kier alpha value is -2.47. The molecular formula is C20H22FN3OS.